The van der Waals surface area contributed by atoms with Crippen molar-refractivity contribution < 1.29 is 4.79 Å². The molecule has 0 unspecified atom stereocenters. The van der Waals surface area contributed by atoms with E-state index in [-0.39, 0.29) is 18.0 Å². The molecule has 0 radical (unpaired) electrons. The standard InChI is InChI=1S/C24H25ClN4O2/c1-17-27-22-15-28(14-18-7-3-2-4-8-18)12-11-20(22)24(31)29(17)16-23(30)26-13-19-9-5-6-10-21(19)25/h2-10H,11-16H2,1H3,(H,26,30). The highest BCUT2D eigenvalue weighted by Crippen LogP contribution is 2.17. The largest absolute Gasteiger partial charge is 0.350 e. The number of carbonyl (C=O) groups is 1. The summed E-state index contributed by atoms with van der Waals surface area (Å²) in [6.45, 7) is 4.30. The van der Waals surface area contributed by atoms with Crippen LogP contribution < -0.4 is 10.9 Å². The Balaban J connectivity index is 1.44. The zero-order valence-electron chi connectivity index (χ0n) is 17.5. The summed E-state index contributed by atoms with van der Waals surface area (Å²) in [7, 11) is 0. The van der Waals surface area contributed by atoms with Crippen molar-refractivity contribution in [1.82, 2.24) is 19.8 Å². The van der Waals surface area contributed by atoms with Gasteiger partial charge in [-0.25, -0.2) is 4.98 Å². The first-order chi connectivity index (χ1) is 15.0. The molecule has 1 N–H and O–H groups in total. The molecular formula is C24H25ClN4O2. The molecule has 31 heavy (non-hydrogen) atoms. The van der Waals surface area contributed by atoms with Gasteiger partial charge in [-0.05, 0) is 30.5 Å². The van der Waals surface area contributed by atoms with E-state index in [1.807, 2.05) is 36.4 Å². The van der Waals surface area contributed by atoms with Crippen molar-refractivity contribution in [2.45, 2.75) is 39.5 Å². The van der Waals surface area contributed by atoms with Gasteiger partial charge in [0.15, 0.2) is 0 Å². The third kappa shape index (κ3) is 5.03. The summed E-state index contributed by atoms with van der Waals surface area (Å²) in [5.41, 5.74) is 3.50. The van der Waals surface area contributed by atoms with Gasteiger partial charge in [-0.3, -0.25) is 19.1 Å². The quantitative estimate of drug-likeness (QED) is 0.644. The Morgan fingerprint density at radius 3 is 2.65 bits per heavy atom. The zero-order chi connectivity index (χ0) is 21.8. The van der Waals surface area contributed by atoms with Crippen LogP contribution in [-0.2, 0) is 37.4 Å². The second kappa shape index (κ2) is 9.45. The Kier molecular flexibility index (Phi) is 6.49. The number of hydrogen-bond acceptors (Lipinski definition) is 4. The molecule has 160 valence electrons. The number of hydrogen-bond donors (Lipinski definition) is 1. The number of aryl methyl sites for hydroxylation is 1. The molecule has 3 aromatic rings. The lowest BCUT2D eigenvalue weighted by Crippen LogP contribution is -2.40. The minimum atomic E-state index is -0.242. The Morgan fingerprint density at radius 2 is 1.87 bits per heavy atom. The van der Waals surface area contributed by atoms with Gasteiger partial charge in [-0.1, -0.05) is 60.1 Å². The fourth-order valence-electron chi connectivity index (χ4n) is 3.90. The first kappa shape index (κ1) is 21.3. The predicted octanol–water partition coefficient (Wildman–Crippen LogP) is 3.08. The van der Waals surface area contributed by atoms with Crippen LogP contribution in [0.5, 0.6) is 0 Å². The number of amides is 1. The molecule has 0 fully saturated rings. The molecule has 2 heterocycles. The summed E-state index contributed by atoms with van der Waals surface area (Å²) in [6, 6.07) is 17.6. The first-order valence-electron chi connectivity index (χ1n) is 10.4. The maximum absolute atomic E-state index is 13.1. The second-order valence-electron chi connectivity index (χ2n) is 7.79. The summed E-state index contributed by atoms with van der Waals surface area (Å²) in [6.07, 6.45) is 0.634. The normalized spacial score (nSPS) is 13.6. The summed E-state index contributed by atoms with van der Waals surface area (Å²) in [5.74, 6) is 0.312. The van der Waals surface area contributed by atoms with Gasteiger partial charge in [-0.2, -0.15) is 0 Å². The molecule has 7 heteroatoms. The van der Waals surface area contributed by atoms with E-state index in [9.17, 15) is 9.59 Å². The molecule has 4 rings (SSSR count). The molecule has 1 aliphatic rings. The van der Waals surface area contributed by atoms with Crippen LogP contribution in [0.15, 0.2) is 59.4 Å². The highest BCUT2D eigenvalue weighted by Gasteiger charge is 2.23. The van der Waals surface area contributed by atoms with Gasteiger partial charge >= 0.3 is 0 Å². The van der Waals surface area contributed by atoms with E-state index >= 15 is 0 Å². The van der Waals surface area contributed by atoms with Gasteiger partial charge in [0.05, 0.1) is 5.69 Å². The zero-order valence-corrected chi connectivity index (χ0v) is 18.2. The van der Waals surface area contributed by atoms with E-state index in [2.05, 4.69) is 27.3 Å². The average molecular weight is 437 g/mol. The van der Waals surface area contributed by atoms with Crippen molar-refractivity contribution in [3.63, 3.8) is 0 Å². The minimum Gasteiger partial charge on any atom is -0.350 e. The highest BCUT2D eigenvalue weighted by atomic mass is 35.5. The molecule has 2 aromatic carbocycles. The van der Waals surface area contributed by atoms with Crippen molar-refractivity contribution in [3.05, 3.63) is 98.2 Å². The summed E-state index contributed by atoms with van der Waals surface area (Å²) >= 11 is 6.14. The Hall–Kier alpha value is -2.96. The average Bonchev–Trinajstić information content (AvgIpc) is 2.76. The Morgan fingerprint density at radius 1 is 1.13 bits per heavy atom. The summed E-state index contributed by atoms with van der Waals surface area (Å²) in [5, 5.41) is 3.44. The fourth-order valence-corrected chi connectivity index (χ4v) is 4.10. The topological polar surface area (TPSA) is 67.2 Å². The van der Waals surface area contributed by atoms with Gasteiger partial charge < -0.3 is 5.32 Å². The lowest BCUT2D eigenvalue weighted by molar-refractivity contribution is -0.121. The minimum absolute atomic E-state index is 0.0525. The third-order valence-corrected chi connectivity index (χ3v) is 5.94. The number of aromatic nitrogens is 2. The van der Waals surface area contributed by atoms with E-state index in [0.29, 0.717) is 35.9 Å². The van der Waals surface area contributed by atoms with E-state index in [1.165, 1.54) is 10.1 Å². The van der Waals surface area contributed by atoms with E-state index in [4.69, 9.17) is 11.6 Å². The van der Waals surface area contributed by atoms with E-state index in [1.54, 1.807) is 13.0 Å². The molecule has 0 saturated heterocycles. The van der Waals surface area contributed by atoms with Crippen LogP contribution in [0.2, 0.25) is 5.02 Å². The highest BCUT2D eigenvalue weighted by molar-refractivity contribution is 6.31. The predicted molar refractivity (Wildman–Crippen MR) is 121 cm³/mol. The van der Waals surface area contributed by atoms with Crippen LogP contribution in [0, 0.1) is 6.92 Å². The van der Waals surface area contributed by atoms with Crippen molar-refractivity contribution in [1.29, 1.82) is 0 Å². The van der Waals surface area contributed by atoms with Crippen molar-refractivity contribution in [2.75, 3.05) is 6.54 Å². The summed E-state index contributed by atoms with van der Waals surface area (Å²) < 4.78 is 1.47. The van der Waals surface area contributed by atoms with Crippen LogP contribution >= 0.6 is 11.6 Å². The fraction of sp³-hybridized carbons (Fsp3) is 0.292. The molecule has 0 bridgehead atoms. The molecule has 1 aromatic heterocycles. The molecule has 0 atom stereocenters. The van der Waals surface area contributed by atoms with Crippen molar-refractivity contribution in [2.24, 2.45) is 0 Å². The van der Waals surface area contributed by atoms with Crippen LogP contribution in [-0.4, -0.2) is 26.9 Å². The lowest BCUT2D eigenvalue weighted by atomic mass is 10.1. The van der Waals surface area contributed by atoms with Gasteiger partial charge in [0.1, 0.15) is 12.4 Å². The smallest absolute Gasteiger partial charge is 0.257 e. The van der Waals surface area contributed by atoms with Gasteiger partial charge in [0.25, 0.3) is 5.56 Å². The monoisotopic (exact) mass is 436 g/mol. The number of nitrogens with zero attached hydrogens (tertiary/aromatic N) is 3. The van der Waals surface area contributed by atoms with Crippen LogP contribution in [0.3, 0.4) is 0 Å². The van der Waals surface area contributed by atoms with Crippen molar-refractivity contribution >= 4 is 17.5 Å². The second-order valence-corrected chi connectivity index (χ2v) is 8.20. The molecule has 0 saturated carbocycles. The van der Waals surface area contributed by atoms with Crippen LogP contribution in [0.1, 0.15) is 28.2 Å². The molecule has 6 nitrogen and oxygen atoms in total. The van der Waals surface area contributed by atoms with E-state index < -0.39 is 0 Å². The van der Waals surface area contributed by atoms with Gasteiger partial charge in [-0.15, -0.1) is 0 Å². The maximum Gasteiger partial charge on any atom is 0.257 e. The molecule has 0 spiro atoms. The third-order valence-electron chi connectivity index (χ3n) is 5.58. The first-order valence-corrected chi connectivity index (χ1v) is 10.7. The van der Waals surface area contributed by atoms with Gasteiger partial charge in [0, 0.05) is 36.8 Å². The van der Waals surface area contributed by atoms with E-state index in [0.717, 1.165) is 24.3 Å². The van der Waals surface area contributed by atoms with Crippen molar-refractivity contribution in [3.8, 4) is 0 Å². The van der Waals surface area contributed by atoms with Crippen LogP contribution in [0.25, 0.3) is 0 Å². The van der Waals surface area contributed by atoms with Gasteiger partial charge in [0.2, 0.25) is 5.91 Å². The van der Waals surface area contributed by atoms with Crippen LogP contribution in [0.4, 0.5) is 0 Å². The maximum atomic E-state index is 13.1. The SMILES string of the molecule is Cc1nc2c(c(=O)n1CC(=O)NCc1ccccc1Cl)CCN(Cc1ccccc1)C2. The number of fused-ring (bicyclic) bond motifs is 1. The molecule has 1 amide bonds. The molecule has 0 aliphatic carbocycles. The summed E-state index contributed by atoms with van der Waals surface area (Å²) in [4.78, 5) is 32.5. The molecule has 1 aliphatic heterocycles. The lowest BCUT2D eigenvalue weighted by Gasteiger charge is -2.28. The number of halogens is 1. The number of benzene rings is 2. The number of rotatable bonds is 6. The number of carbonyl (C=O) groups excluding carboxylic acids is 1. The Bertz CT molecular complexity index is 1140. The number of nitrogens with one attached hydrogen (secondary N) is 1. The Labute approximate surface area is 186 Å². The molecular weight excluding hydrogens is 412 g/mol.